The van der Waals surface area contributed by atoms with Crippen LogP contribution in [0, 0.1) is 7.14 Å². The standard InChI is InChI=1S/C20H18BrI2N7O2/c21-13-2-1-3-15(9-13)25-18-26-19(28-20(27-18)30-4-6-32-7-5-30)29-24-11-12-8-14(22)10-16(23)17(12)31/h1-3,8-11,31H,4-7H2,(H2,25,26,27,28,29)/b24-11+. The Hall–Kier alpha value is -1.78. The first-order valence-electron chi connectivity index (χ1n) is 9.56. The predicted octanol–water partition coefficient (Wildman–Crippen LogP) is 4.58. The van der Waals surface area contributed by atoms with E-state index in [0.29, 0.717) is 43.8 Å². The minimum Gasteiger partial charge on any atom is -0.506 e. The van der Waals surface area contributed by atoms with Crippen molar-refractivity contribution in [2.45, 2.75) is 0 Å². The van der Waals surface area contributed by atoms with Crippen LogP contribution in [0.25, 0.3) is 0 Å². The van der Waals surface area contributed by atoms with Crippen molar-refractivity contribution in [2.24, 2.45) is 5.10 Å². The fraction of sp³-hybridized carbons (Fsp3) is 0.200. The third kappa shape index (κ3) is 6.17. The lowest BCUT2D eigenvalue weighted by atomic mass is 10.2. The smallest absolute Gasteiger partial charge is 0.250 e. The lowest BCUT2D eigenvalue weighted by Crippen LogP contribution is -2.37. The summed E-state index contributed by atoms with van der Waals surface area (Å²) in [5, 5.41) is 17.7. The first-order valence-corrected chi connectivity index (χ1v) is 12.5. The van der Waals surface area contributed by atoms with Crippen LogP contribution in [-0.4, -0.2) is 52.6 Å². The van der Waals surface area contributed by atoms with Crippen LogP contribution in [0.4, 0.5) is 23.5 Å². The highest BCUT2D eigenvalue weighted by atomic mass is 127. The van der Waals surface area contributed by atoms with Gasteiger partial charge in [-0.2, -0.15) is 20.1 Å². The van der Waals surface area contributed by atoms with Crippen molar-refractivity contribution in [3.8, 4) is 5.75 Å². The number of phenolic OH excluding ortho intramolecular Hbond substituents is 1. The summed E-state index contributed by atoms with van der Waals surface area (Å²) in [6, 6.07) is 11.5. The van der Waals surface area contributed by atoms with Crippen LogP contribution in [0.5, 0.6) is 5.75 Å². The van der Waals surface area contributed by atoms with Gasteiger partial charge in [-0.3, -0.25) is 0 Å². The quantitative estimate of drug-likeness (QED) is 0.193. The minimum atomic E-state index is 0.179. The Bertz CT molecular complexity index is 1140. The molecular formula is C20H18BrI2N7O2. The Balaban J connectivity index is 1.60. The van der Waals surface area contributed by atoms with Gasteiger partial charge in [-0.1, -0.05) is 22.0 Å². The van der Waals surface area contributed by atoms with Gasteiger partial charge in [0.2, 0.25) is 17.8 Å². The molecule has 1 aromatic heterocycles. The van der Waals surface area contributed by atoms with Crippen molar-refractivity contribution in [3.05, 3.63) is 53.6 Å². The summed E-state index contributed by atoms with van der Waals surface area (Å²) in [7, 11) is 0. The van der Waals surface area contributed by atoms with Crippen LogP contribution in [0.2, 0.25) is 0 Å². The molecule has 166 valence electrons. The summed E-state index contributed by atoms with van der Waals surface area (Å²) in [5.74, 6) is 1.39. The second kappa shape index (κ2) is 10.9. The summed E-state index contributed by atoms with van der Waals surface area (Å²) in [4.78, 5) is 15.6. The van der Waals surface area contributed by atoms with Crippen LogP contribution < -0.4 is 15.6 Å². The SMILES string of the molecule is Oc1c(I)cc(I)cc1/C=N/Nc1nc(Nc2cccc(Br)c2)nc(N2CCOCC2)n1. The summed E-state index contributed by atoms with van der Waals surface area (Å²) >= 11 is 7.76. The number of benzene rings is 2. The van der Waals surface area contributed by atoms with E-state index in [4.69, 9.17) is 4.74 Å². The maximum Gasteiger partial charge on any atom is 0.250 e. The summed E-state index contributed by atoms with van der Waals surface area (Å²) in [6.07, 6.45) is 1.54. The monoisotopic (exact) mass is 721 g/mol. The number of anilines is 4. The third-order valence-electron chi connectivity index (χ3n) is 4.42. The molecule has 3 N–H and O–H groups in total. The Morgan fingerprint density at radius 1 is 1.09 bits per heavy atom. The first-order chi connectivity index (χ1) is 15.5. The summed E-state index contributed by atoms with van der Waals surface area (Å²) < 4.78 is 8.14. The molecule has 4 rings (SSSR count). The molecule has 0 saturated carbocycles. The zero-order valence-electron chi connectivity index (χ0n) is 16.6. The molecule has 0 unspecified atom stereocenters. The van der Waals surface area contributed by atoms with Crippen molar-refractivity contribution in [2.75, 3.05) is 41.9 Å². The van der Waals surface area contributed by atoms with E-state index >= 15 is 0 Å². The molecule has 1 saturated heterocycles. The Labute approximate surface area is 220 Å². The molecule has 2 aromatic carbocycles. The van der Waals surface area contributed by atoms with Crippen molar-refractivity contribution in [3.63, 3.8) is 0 Å². The number of nitrogens with zero attached hydrogens (tertiary/aromatic N) is 5. The molecule has 0 bridgehead atoms. The van der Waals surface area contributed by atoms with Crippen LogP contribution >= 0.6 is 61.1 Å². The zero-order chi connectivity index (χ0) is 22.5. The van der Waals surface area contributed by atoms with E-state index in [1.807, 2.05) is 41.3 Å². The molecule has 1 aliphatic heterocycles. The summed E-state index contributed by atoms with van der Waals surface area (Å²) in [5.41, 5.74) is 4.30. The first kappa shape index (κ1) is 23.4. The van der Waals surface area contributed by atoms with Gasteiger partial charge in [0, 0.05) is 32.4 Å². The van der Waals surface area contributed by atoms with Crippen molar-refractivity contribution in [1.82, 2.24) is 15.0 Å². The fourth-order valence-corrected chi connectivity index (χ4v) is 5.20. The Kier molecular flexibility index (Phi) is 7.96. The van der Waals surface area contributed by atoms with Gasteiger partial charge in [-0.05, 0) is 75.5 Å². The van der Waals surface area contributed by atoms with E-state index in [-0.39, 0.29) is 11.7 Å². The second-order valence-corrected chi connectivity index (χ2v) is 10.0. The molecule has 0 aliphatic carbocycles. The Morgan fingerprint density at radius 2 is 1.88 bits per heavy atom. The number of morpholine rings is 1. The maximum atomic E-state index is 10.3. The molecule has 32 heavy (non-hydrogen) atoms. The van der Waals surface area contributed by atoms with E-state index in [1.54, 1.807) is 6.21 Å². The van der Waals surface area contributed by atoms with Crippen molar-refractivity contribution < 1.29 is 9.84 Å². The highest BCUT2D eigenvalue weighted by molar-refractivity contribution is 14.1. The van der Waals surface area contributed by atoms with Gasteiger partial charge < -0.3 is 20.1 Å². The van der Waals surface area contributed by atoms with Crippen molar-refractivity contribution in [1.29, 1.82) is 0 Å². The molecule has 1 fully saturated rings. The number of ether oxygens (including phenoxy) is 1. The highest BCUT2D eigenvalue weighted by Gasteiger charge is 2.17. The van der Waals surface area contributed by atoms with Crippen molar-refractivity contribution >= 4 is 90.9 Å². The van der Waals surface area contributed by atoms with Crippen LogP contribution in [-0.2, 0) is 4.74 Å². The molecule has 0 spiro atoms. The summed E-state index contributed by atoms with van der Waals surface area (Å²) in [6.45, 7) is 2.62. The van der Waals surface area contributed by atoms with E-state index in [1.165, 1.54) is 0 Å². The predicted molar refractivity (Wildman–Crippen MR) is 145 cm³/mol. The molecule has 0 atom stereocenters. The van der Waals surface area contributed by atoms with Gasteiger partial charge in [-0.15, -0.1) is 0 Å². The lowest BCUT2D eigenvalue weighted by Gasteiger charge is -2.27. The molecule has 0 radical (unpaired) electrons. The minimum absolute atomic E-state index is 0.179. The van der Waals surface area contributed by atoms with Crippen LogP contribution in [0.15, 0.2) is 46.0 Å². The van der Waals surface area contributed by atoms with Gasteiger partial charge in [0.15, 0.2) is 0 Å². The normalized spacial score (nSPS) is 14.0. The molecule has 12 heteroatoms. The number of hydrogen-bond donors (Lipinski definition) is 3. The van der Waals surface area contributed by atoms with Gasteiger partial charge in [0.25, 0.3) is 0 Å². The fourth-order valence-electron chi connectivity index (χ4n) is 2.91. The number of rotatable bonds is 6. The van der Waals surface area contributed by atoms with Gasteiger partial charge in [0.1, 0.15) is 5.75 Å². The topological polar surface area (TPSA) is 108 Å². The van der Waals surface area contributed by atoms with E-state index in [0.717, 1.165) is 17.3 Å². The van der Waals surface area contributed by atoms with Gasteiger partial charge in [-0.25, -0.2) is 5.43 Å². The van der Waals surface area contributed by atoms with Crippen LogP contribution in [0.3, 0.4) is 0 Å². The number of hydrazone groups is 1. The second-order valence-electron chi connectivity index (χ2n) is 6.71. The number of aromatic nitrogens is 3. The number of hydrogen-bond acceptors (Lipinski definition) is 9. The lowest BCUT2D eigenvalue weighted by molar-refractivity contribution is 0.122. The average molecular weight is 722 g/mol. The molecule has 9 nitrogen and oxygen atoms in total. The average Bonchev–Trinajstić information content (AvgIpc) is 2.77. The zero-order valence-corrected chi connectivity index (χ0v) is 22.5. The van der Waals surface area contributed by atoms with Crippen LogP contribution in [0.1, 0.15) is 5.56 Å². The molecule has 2 heterocycles. The molecule has 3 aromatic rings. The van der Waals surface area contributed by atoms with Gasteiger partial charge >= 0.3 is 0 Å². The number of aromatic hydroxyl groups is 1. The molecule has 0 amide bonds. The van der Waals surface area contributed by atoms with E-state index < -0.39 is 0 Å². The number of nitrogens with one attached hydrogen (secondary N) is 2. The molecular weight excluding hydrogens is 704 g/mol. The van der Waals surface area contributed by atoms with E-state index in [9.17, 15) is 5.11 Å². The number of phenols is 1. The van der Waals surface area contributed by atoms with E-state index in [2.05, 4.69) is 91.9 Å². The maximum absolute atomic E-state index is 10.3. The largest absolute Gasteiger partial charge is 0.506 e. The third-order valence-corrected chi connectivity index (χ3v) is 6.36. The number of halogens is 3. The Morgan fingerprint density at radius 3 is 2.66 bits per heavy atom. The molecule has 1 aliphatic rings. The van der Waals surface area contributed by atoms with Gasteiger partial charge in [0.05, 0.1) is 23.0 Å². The highest BCUT2D eigenvalue weighted by Crippen LogP contribution is 2.26.